The first-order chi connectivity index (χ1) is 7.50. The Labute approximate surface area is 113 Å². The second-order valence-corrected chi connectivity index (χ2v) is 7.15. The van der Waals surface area contributed by atoms with Crippen LogP contribution in [0.5, 0.6) is 0 Å². The largest absolute Gasteiger partial charge is 0.0819 e. The molecule has 0 radical (unpaired) electrons. The van der Waals surface area contributed by atoms with Crippen molar-refractivity contribution in [2.24, 2.45) is 5.92 Å². The normalized spacial score (nSPS) is 29.2. The highest BCUT2D eigenvalue weighted by Crippen LogP contribution is 2.45. The number of alkyl halides is 1. The van der Waals surface area contributed by atoms with Gasteiger partial charge in [0.2, 0.25) is 0 Å². The molecule has 2 rings (SSSR count). The van der Waals surface area contributed by atoms with Gasteiger partial charge >= 0.3 is 0 Å². The Balaban J connectivity index is 2.51. The molecule has 0 spiro atoms. The summed E-state index contributed by atoms with van der Waals surface area (Å²) in [7, 11) is 0. The predicted molar refractivity (Wildman–Crippen MR) is 79.6 cm³/mol. The maximum Gasteiger partial charge on any atom is 0.0187 e. The molecule has 0 saturated carbocycles. The fourth-order valence-corrected chi connectivity index (χ4v) is 5.00. The van der Waals surface area contributed by atoms with Crippen LogP contribution in [0.3, 0.4) is 0 Å². The Morgan fingerprint density at radius 3 is 2.56 bits per heavy atom. The Hall–Kier alpha value is -0.0500. The van der Waals surface area contributed by atoms with Gasteiger partial charge in [0, 0.05) is 3.92 Å². The van der Waals surface area contributed by atoms with Gasteiger partial charge in [0.15, 0.2) is 0 Å². The van der Waals surface area contributed by atoms with Crippen LogP contribution in [0, 0.1) is 12.8 Å². The summed E-state index contributed by atoms with van der Waals surface area (Å²) >= 11 is 2.66. The van der Waals surface area contributed by atoms with Crippen molar-refractivity contribution in [3.63, 3.8) is 0 Å². The summed E-state index contributed by atoms with van der Waals surface area (Å²) in [6, 6.07) is 7.04. The molecule has 0 unspecified atom stereocenters. The molecule has 0 fully saturated rings. The number of halogens is 1. The van der Waals surface area contributed by atoms with E-state index in [1.807, 2.05) is 0 Å². The molecule has 16 heavy (non-hydrogen) atoms. The van der Waals surface area contributed by atoms with Crippen molar-refractivity contribution in [2.45, 2.75) is 49.9 Å². The molecule has 0 amide bonds. The fourth-order valence-electron chi connectivity index (χ4n) is 3.01. The van der Waals surface area contributed by atoms with Crippen LogP contribution in [0.15, 0.2) is 18.2 Å². The topological polar surface area (TPSA) is 0 Å². The second-order valence-electron chi connectivity index (χ2n) is 5.55. The highest BCUT2D eigenvalue weighted by atomic mass is 127. The molecule has 3 atom stereocenters. The maximum absolute atomic E-state index is 2.66. The van der Waals surface area contributed by atoms with Crippen LogP contribution >= 0.6 is 22.6 Å². The molecule has 0 aromatic heterocycles. The molecule has 0 nitrogen and oxygen atoms in total. The van der Waals surface area contributed by atoms with Gasteiger partial charge in [-0.15, -0.1) is 0 Å². The van der Waals surface area contributed by atoms with E-state index in [4.69, 9.17) is 0 Å². The third-order valence-corrected chi connectivity index (χ3v) is 5.10. The van der Waals surface area contributed by atoms with Gasteiger partial charge in [-0.1, -0.05) is 67.1 Å². The van der Waals surface area contributed by atoms with E-state index in [1.54, 1.807) is 11.1 Å². The van der Waals surface area contributed by atoms with Crippen LogP contribution < -0.4 is 0 Å². The monoisotopic (exact) mass is 328 g/mol. The lowest BCUT2D eigenvalue weighted by molar-refractivity contribution is 0.432. The lowest BCUT2D eigenvalue weighted by atomic mass is 9.72. The third kappa shape index (κ3) is 2.15. The van der Waals surface area contributed by atoms with E-state index in [-0.39, 0.29) is 0 Å². The Bertz CT molecular complexity index is 381. The van der Waals surface area contributed by atoms with E-state index in [2.05, 4.69) is 68.5 Å². The molecule has 1 aromatic rings. The molecule has 88 valence electrons. The standard InChI is InChI=1S/C15H21I/c1-9(2)15-13-7-10(3)5-6-12(13)11(4)8-14(15)16/h5-7,9,11,14-15H,8H2,1-4H3/t11-,14+,15+/m0/s1. The Morgan fingerprint density at radius 1 is 1.25 bits per heavy atom. The highest BCUT2D eigenvalue weighted by molar-refractivity contribution is 14.1. The average Bonchev–Trinajstić information content (AvgIpc) is 2.15. The lowest BCUT2D eigenvalue weighted by Crippen LogP contribution is -2.26. The first-order valence-corrected chi connectivity index (χ1v) is 7.49. The summed E-state index contributed by atoms with van der Waals surface area (Å²) in [4.78, 5) is 0. The van der Waals surface area contributed by atoms with Crippen molar-refractivity contribution < 1.29 is 0 Å². The van der Waals surface area contributed by atoms with E-state index >= 15 is 0 Å². The van der Waals surface area contributed by atoms with Crippen LogP contribution in [-0.4, -0.2) is 3.92 Å². The van der Waals surface area contributed by atoms with Gasteiger partial charge in [-0.3, -0.25) is 0 Å². The van der Waals surface area contributed by atoms with Crippen molar-refractivity contribution in [2.75, 3.05) is 0 Å². The highest BCUT2D eigenvalue weighted by Gasteiger charge is 2.33. The van der Waals surface area contributed by atoms with E-state index in [9.17, 15) is 0 Å². The van der Waals surface area contributed by atoms with Crippen LogP contribution in [0.2, 0.25) is 0 Å². The number of benzene rings is 1. The summed E-state index contributed by atoms with van der Waals surface area (Å²) < 4.78 is 0.793. The van der Waals surface area contributed by atoms with Crippen molar-refractivity contribution in [1.29, 1.82) is 0 Å². The van der Waals surface area contributed by atoms with Crippen molar-refractivity contribution >= 4 is 22.6 Å². The smallest absolute Gasteiger partial charge is 0.0187 e. The molecule has 1 aliphatic rings. The number of hydrogen-bond donors (Lipinski definition) is 0. The molecule has 0 aliphatic heterocycles. The molecular formula is C15H21I. The number of rotatable bonds is 1. The summed E-state index contributed by atoms with van der Waals surface area (Å²) in [5, 5.41) is 0. The molecule has 1 aliphatic carbocycles. The zero-order chi connectivity index (χ0) is 11.9. The maximum atomic E-state index is 2.66. The van der Waals surface area contributed by atoms with Gasteiger partial charge in [-0.05, 0) is 42.2 Å². The summed E-state index contributed by atoms with van der Waals surface area (Å²) in [6.07, 6.45) is 1.33. The minimum Gasteiger partial charge on any atom is -0.0819 e. The summed E-state index contributed by atoms with van der Waals surface area (Å²) in [6.45, 7) is 9.30. The molecule has 0 N–H and O–H groups in total. The van der Waals surface area contributed by atoms with Crippen LogP contribution in [-0.2, 0) is 0 Å². The van der Waals surface area contributed by atoms with Gasteiger partial charge in [-0.2, -0.15) is 0 Å². The van der Waals surface area contributed by atoms with Crippen molar-refractivity contribution in [3.8, 4) is 0 Å². The molecule has 0 saturated heterocycles. The number of hydrogen-bond acceptors (Lipinski definition) is 0. The Kier molecular flexibility index (Phi) is 3.62. The van der Waals surface area contributed by atoms with Gasteiger partial charge in [0.1, 0.15) is 0 Å². The summed E-state index contributed by atoms with van der Waals surface area (Å²) in [5.74, 6) is 2.22. The van der Waals surface area contributed by atoms with Crippen molar-refractivity contribution in [3.05, 3.63) is 34.9 Å². The van der Waals surface area contributed by atoms with Crippen LogP contribution in [0.25, 0.3) is 0 Å². The molecular weight excluding hydrogens is 307 g/mol. The third-order valence-electron chi connectivity index (χ3n) is 3.82. The quantitative estimate of drug-likeness (QED) is 0.500. The first-order valence-electron chi connectivity index (χ1n) is 6.25. The SMILES string of the molecule is Cc1ccc2c(c1)[C@@H](C(C)C)[C@H](I)C[C@@H]2C. The van der Waals surface area contributed by atoms with Crippen molar-refractivity contribution in [1.82, 2.24) is 0 Å². The first kappa shape index (κ1) is 12.4. The van der Waals surface area contributed by atoms with E-state index in [1.165, 1.54) is 12.0 Å². The van der Waals surface area contributed by atoms with E-state index < -0.39 is 0 Å². The zero-order valence-electron chi connectivity index (χ0n) is 10.6. The molecule has 0 heterocycles. The zero-order valence-corrected chi connectivity index (χ0v) is 12.8. The Morgan fingerprint density at radius 2 is 1.94 bits per heavy atom. The van der Waals surface area contributed by atoms with E-state index in [0.29, 0.717) is 0 Å². The number of fused-ring (bicyclic) bond motifs is 1. The van der Waals surface area contributed by atoms with E-state index in [0.717, 1.165) is 21.7 Å². The average molecular weight is 328 g/mol. The van der Waals surface area contributed by atoms with Gasteiger partial charge in [0.05, 0.1) is 0 Å². The van der Waals surface area contributed by atoms with Gasteiger partial charge in [-0.25, -0.2) is 0 Å². The lowest BCUT2D eigenvalue weighted by Gasteiger charge is -2.36. The van der Waals surface area contributed by atoms with Crippen LogP contribution in [0.4, 0.5) is 0 Å². The molecule has 1 heteroatoms. The van der Waals surface area contributed by atoms with Crippen LogP contribution in [0.1, 0.15) is 55.7 Å². The fraction of sp³-hybridized carbons (Fsp3) is 0.600. The second kappa shape index (κ2) is 4.67. The summed E-state index contributed by atoms with van der Waals surface area (Å²) in [5.41, 5.74) is 4.62. The number of aryl methyl sites for hydroxylation is 1. The minimum atomic E-state index is 0.729. The van der Waals surface area contributed by atoms with Gasteiger partial charge < -0.3 is 0 Å². The predicted octanol–water partition coefficient (Wildman–Crippen LogP) is 5.05. The van der Waals surface area contributed by atoms with Gasteiger partial charge in [0.25, 0.3) is 0 Å². The minimum absolute atomic E-state index is 0.729. The molecule has 0 bridgehead atoms. The molecule has 1 aromatic carbocycles.